The molecule has 1 saturated heterocycles. The first-order valence-electron chi connectivity index (χ1n) is 12.9. The van der Waals surface area contributed by atoms with Crippen LogP contribution in [0.1, 0.15) is 36.6 Å². The Kier molecular flexibility index (Phi) is 7.45. The fourth-order valence-corrected chi connectivity index (χ4v) is 5.31. The maximum atomic E-state index is 14.5. The van der Waals surface area contributed by atoms with Gasteiger partial charge in [0.25, 0.3) is 11.8 Å². The number of halogens is 7. The molecule has 0 bridgehead atoms. The van der Waals surface area contributed by atoms with Crippen molar-refractivity contribution in [2.24, 2.45) is 0 Å². The van der Waals surface area contributed by atoms with Gasteiger partial charge in [0, 0.05) is 35.1 Å². The second-order valence-corrected chi connectivity index (χ2v) is 10.3. The van der Waals surface area contributed by atoms with Crippen molar-refractivity contribution < 1.29 is 45.4 Å². The number of anilines is 1. The number of hydrogen-bond acceptors (Lipinski definition) is 5. The highest BCUT2D eigenvalue weighted by Gasteiger charge is 2.52. The number of rotatable bonds is 5. The van der Waals surface area contributed by atoms with Crippen molar-refractivity contribution in [1.82, 2.24) is 15.0 Å². The Morgan fingerprint density at radius 3 is 2.40 bits per heavy atom. The molecule has 2 aliphatic heterocycles. The fraction of sp³-hybridized carbons (Fsp3) is 0.276. The van der Waals surface area contributed by atoms with Crippen molar-refractivity contribution in [2.45, 2.75) is 44.2 Å². The van der Waals surface area contributed by atoms with Gasteiger partial charge in [-0.05, 0) is 50.1 Å². The molecular formula is C29H23F7N4O3. The van der Waals surface area contributed by atoms with Gasteiger partial charge in [0.15, 0.2) is 0 Å². The minimum absolute atomic E-state index is 0.145. The summed E-state index contributed by atoms with van der Waals surface area (Å²) in [6, 6.07) is 9.34. The quantitative estimate of drug-likeness (QED) is 0.256. The Morgan fingerprint density at radius 2 is 1.77 bits per heavy atom. The first-order chi connectivity index (χ1) is 20.1. The average Bonchev–Trinajstić information content (AvgIpc) is 3.34. The Labute approximate surface area is 240 Å². The third-order valence-corrected chi connectivity index (χ3v) is 7.55. The number of benzene rings is 2. The van der Waals surface area contributed by atoms with Crippen molar-refractivity contribution >= 4 is 17.5 Å². The third kappa shape index (κ3) is 5.54. The first-order valence-corrected chi connectivity index (χ1v) is 12.9. The van der Waals surface area contributed by atoms with Gasteiger partial charge in [-0.3, -0.25) is 19.6 Å². The van der Waals surface area contributed by atoms with Crippen molar-refractivity contribution in [3.8, 4) is 11.1 Å². The molecule has 1 atom stereocenters. The number of aliphatic hydroxyl groups excluding tert-OH is 1. The molecule has 1 fully saturated rings. The normalized spacial score (nSPS) is 19.5. The molecule has 0 aliphatic carbocycles. The number of aliphatic hydroxyl groups is 1. The highest BCUT2D eigenvalue weighted by molar-refractivity contribution is 6.24. The lowest BCUT2D eigenvalue weighted by atomic mass is 9.90. The monoisotopic (exact) mass is 608 g/mol. The van der Waals surface area contributed by atoms with E-state index in [4.69, 9.17) is 0 Å². The number of carbonyl (C=O) groups is 2. The Bertz CT molecular complexity index is 1620. The van der Waals surface area contributed by atoms with Gasteiger partial charge in [0.1, 0.15) is 22.8 Å². The summed E-state index contributed by atoms with van der Waals surface area (Å²) < 4.78 is 94.2. The first kappa shape index (κ1) is 30.0. The molecule has 1 aromatic heterocycles. The summed E-state index contributed by atoms with van der Waals surface area (Å²) in [7, 11) is 0. The van der Waals surface area contributed by atoms with Gasteiger partial charge in [0.05, 0.1) is 17.6 Å². The van der Waals surface area contributed by atoms with E-state index in [0.29, 0.717) is 43.8 Å². The molecule has 14 heteroatoms. The van der Waals surface area contributed by atoms with E-state index >= 15 is 0 Å². The number of nitrogens with zero attached hydrogens (tertiary/aromatic N) is 3. The summed E-state index contributed by atoms with van der Waals surface area (Å²) >= 11 is 0. The second kappa shape index (κ2) is 10.7. The zero-order chi connectivity index (χ0) is 31.3. The average molecular weight is 609 g/mol. The third-order valence-electron chi connectivity index (χ3n) is 7.55. The van der Waals surface area contributed by atoms with Crippen molar-refractivity contribution in [3.63, 3.8) is 0 Å². The van der Waals surface area contributed by atoms with Crippen LogP contribution in [0.2, 0.25) is 0 Å². The van der Waals surface area contributed by atoms with Crippen LogP contribution in [0.15, 0.2) is 72.1 Å². The molecular weight excluding hydrogens is 585 g/mol. The predicted molar refractivity (Wildman–Crippen MR) is 139 cm³/mol. The molecule has 0 spiro atoms. The molecule has 2 aliphatic rings. The van der Waals surface area contributed by atoms with E-state index < -0.39 is 58.1 Å². The van der Waals surface area contributed by atoms with E-state index in [1.54, 1.807) is 18.0 Å². The Hall–Kier alpha value is -4.46. The number of pyridine rings is 1. The van der Waals surface area contributed by atoms with Gasteiger partial charge in [-0.1, -0.05) is 24.3 Å². The maximum Gasteiger partial charge on any atom is 0.433 e. The molecule has 2 amide bonds. The number of fused-ring (bicyclic) bond motifs is 1. The molecule has 43 heavy (non-hydrogen) atoms. The molecule has 0 radical (unpaired) electrons. The summed E-state index contributed by atoms with van der Waals surface area (Å²) in [6.07, 6.45) is -8.05. The number of alkyl halides is 6. The Balaban J connectivity index is 1.54. The number of aromatic nitrogens is 1. The van der Waals surface area contributed by atoms with Crippen LogP contribution in [0.4, 0.5) is 36.4 Å². The molecule has 3 heterocycles. The van der Waals surface area contributed by atoms with Crippen LogP contribution >= 0.6 is 0 Å². The second-order valence-electron chi connectivity index (χ2n) is 10.3. The molecule has 2 N–H and O–H groups in total. The largest absolute Gasteiger partial charge is 0.509 e. The standard InChI is InChI=1S/C29H23F7N4O3/c1-27-11-4-12-40(27)39(15-17-5-2-3-6-20(17)30)26(43)23(24(27)41)25(42)38-21-9-8-18(28(31,32)33)13-19(21)16-7-10-22(37-14-16)29(34,35)36/h2-3,5-10,13-14,41H,4,11-12,15H2,1H3,(H,38,42)/t27-/m1/s1. The summed E-state index contributed by atoms with van der Waals surface area (Å²) in [5.41, 5.74) is -5.00. The number of amides is 2. The lowest BCUT2D eigenvalue weighted by Crippen LogP contribution is -2.60. The van der Waals surface area contributed by atoms with Crippen molar-refractivity contribution in [3.05, 3.63) is 94.8 Å². The van der Waals surface area contributed by atoms with Gasteiger partial charge in [-0.25, -0.2) is 9.40 Å². The summed E-state index contributed by atoms with van der Waals surface area (Å²) in [5.74, 6) is -3.31. The van der Waals surface area contributed by atoms with Gasteiger partial charge in [-0.15, -0.1) is 0 Å². The number of nitrogens with one attached hydrogen (secondary N) is 1. The zero-order valence-electron chi connectivity index (χ0n) is 22.4. The number of carbonyl (C=O) groups excluding carboxylic acids is 2. The SMILES string of the molecule is C[C@]12CCCN1N(Cc1ccccc1F)C(=O)C(C(=O)Nc1ccc(C(F)(F)F)cc1-c1ccc(C(F)(F)F)nc1)=C2O. The van der Waals surface area contributed by atoms with Gasteiger partial charge < -0.3 is 10.4 Å². The van der Waals surface area contributed by atoms with Gasteiger partial charge in [-0.2, -0.15) is 26.3 Å². The smallest absolute Gasteiger partial charge is 0.433 e. The van der Waals surface area contributed by atoms with Crippen LogP contribution in [-0.4, -0.2) is 44.0 Å². The van der Waals surface area contributed by atoms with Crippen molar-refractivity contribution in [1.29, 1.82) is 0 Å². The van der Waals surface area contributed by atoms with Crippen LogP contribution in [0, 0.1) is 5.82 Å². The molecule has 7 nitrogen and oxygen atoms in total. The van der Waals surface area contributed by atoms with Crippen LogP contribution < -0.4 is 5.32 Å². The predicted octanol–water partition coefficient (Wildman–Crippen LogP) is 6.49. The lowest BCUT2D eigenvalue weighted by Gasteiger charge is -2.46. The summed E-state index contributed by atoms with van der Waals surface area (Å²) in [5, 5.41) is 16.2. The van der Waals surface area contributed by atoms with Crippen molar-refractivity contribution in [2.75, 3.05) is 11.9 Å². The van der Waals surface area contributed by atoms with E-state index in [9.17, 15) is 45.4 Å². The highest BCUT2D eigenvalue weighted by atomic mass is 19.4. The molecule has 3 aromatic rings. The van der Waals surface area contributed by atoms with E-state index in [1.165, 1.54) is 18.2 Å². The minimum atomic E-state index is -4.83. The summed E-state index contributed by atoms with van der Waals surface area (Å²) in [4.78, 5) is 30.5. The maximum absolute atomic E-state index is 14.5. The topological polar surface area (TPSA) is 85.8 Å². The van der Waals surface area contributed by atoms with E-state index in [-0.39, 0.29) is 28.9 Å². The van der Waals surface area contributed by atoms with E-state index in [1.807, 2.05) is 0 Å². The molecule has 2 aromatic carbocycles. The lowest BCUT2D eigenvalue weighted by molar-refractivity contribution is -0.160. The number of hydrogen-bond donors (Lipinski definition) is 2. The van der Waals surface area contributed by atoms with Gasteiger partial charge in [0.2, 0.25) is 0 Å². The van der Waals surface area contributed by atoms with Crippen LogP contribution in [0.25, 0.3) is 11.1 Å². The highest BCUT2D eigenvalue weighted by Crippen LogP contribution is 2.43. The fourth-order valence-electron chi connectivity index (χ4n) is 5.31. The van der Waals surface area contributed by atoms with E-state index in [0.717, 1.165) is 17.1 Å². The molecule has 5 rings (SSSR count). The van der Waals surface area contributed by atoms with Crippen LogP contribution in [0.5, 0.6) is 0 Å². The van der Waals surface area contributed by atoms with Crippen LogP contribution in [0.3, 0.4) is 0 Å². The Morgan fingerprint density at radius 1 is 1.05 bits per heavy atom. The molecule has 0 unspecified atom stereocenters. The zero-order valence-corrected chi connectivity index (χ0v) is 22.4. The van der Waals surface area contributed by atoms with E-state index in [2.05, 4.69) is 10.3 Å². The molecule has 0 saturated carbocycles. The minimum Gasteiger partial charge on any atom is -0.509 e. The molecule has 226 valence electrons. The van der Waals surface area contributed by atoms with Crippen LogP contribution in [-0.2, 0) is 28.5 Å². The summed E-state index contributed by atoms with van der Waals surface area (Å²) in [6.45, 7) is 1.65. The number of hydrazine groups is 1. The van der Waals surface area contributed by atoms with Gasteiger partial charge >= 0.3 is 12.4 Å².